The number of benzene rings is 1. The molecule has 2 heterocycles. The van der Waals surface area contributed by atoms with Gasteiger partial charge in [0.2, 0.25) is 0 Å². The lowest BCUT2D eigenvalue weighted by Gasteiger charge is -2.08. The Morgan fingerprint density at radius 3 is 2.17 bits per heavy atom. The molecule has 2 amide bonds. The molecule has 0 atom stereocenters. The molecule has 0 fully saturated rings. The van der Waals surface area contributed by atoms with Crippen molar-refractivity contribution in [1.29, 1.82) is 0 Å². The summed E-state index contributed by atoms with van der Waals surface area (Å²) >= 11 is 0. The van der Waals surface area contributed by atoms with Crippen molar-refractivity contribution in [2.45, 2.75) is 6.54 Å². The summed E-state index contributed by atoms with van der Waals surface area (Å²) in [6, 6.07) is 11.3. The summed E-state index contributed by atoms with van der Waals surface area (Å²) in [6.45, 7) is 0.338. The minimum absolute atomic E-state index is 0.235. The van der Waals surface area contributed by atoms with Crippen LogP contribution in [-0.2, 0) is 11.3 Å². The Hall–Kier alpha value is -4.07. The van der Waals surface area contributed by atoms with Crippen LogP contribution in [0.15, 0.2) is 67.3 Å². The first-order valence-electron chi connectivity index (χ1n) is 8.68. The second kappa shape index (κ2) is 9.23. The lowest BCUT2D eigenvalue weighted by Crippen LogP contribution is -2.23. The molecular formula is C21H18N4O4. The number of hydrogen-bond acceptors (Lipinski definition) is 6. The van der Waals surface area contributed by atoms with Crippen molar-refractivity contribution >= 4 is 23.5 Å². The number of anilines is 1. The first-order chi connectivity index (χ1) is 14.1. The van der Waals surface area contributed by atoms with E-state index in [-0.39, 0.29) is 17.0 Å². The van der Waals surface area contributed by atoms with Gasteiger partial charge in [0.15, 0.2) is 0 Å². The van der Waals surface area contributed by atoms with E-state index in [0.29, 0.717) is 17.8 Å². The van der Waals surface area contributed by atoms with E-state index in [4.69, 9.17) is 0 Å². The van der Waals surface area contributed by atoms with E-state index in [0.717, 1.165) is 5.56 Å². The van der Waals surface area contributed by atoms with Crippen LogP contribution in [0.5, 0.6) is 0 Å². The van der Waals surface area contributed by atoms with Crippen molar-refractivity contribution in [1.82, 2.24) is 15.3 Å². The van der Waals surface area contributed by atoms with Gasteiger partial charge in [-0.2, -0.15) is 0 Å². The van der Waals surface area contributed by atoms with Crippen LogP contribution in [0.2, 0.25) is 0 Å². The average molecular weight is 390 g/mol. The van der Waals surface area contributed by atoms with Gasteiger partial charge in [-0.1, -0.05) is 0 Å². The van der Waals surface area contributed by atoms with E-state index >= 15 is 0 Å². The number of carbonyl (C=O) groups excluding carboxylic acids is 3. The molecule has 0 saturated heterocycles. The molecule has 2 aromatic heterocycles. The van der Waals surface area contributed by atoms with E-state index in [9.17, 15) is 14.4 Å². The summed E-state index contributed by atoms with van der Waals surface area (Å²) in [4.78, 5) is 44.2. The summed E-state index contributed by atoms with van der Waals surface area (Å²) in [5.74, 6) is -1.23. The van der Waals surface area contributed by atoms with Crippen LogP contribution in [0.1, 0.15) is 36.6 Å². The Morgan fingerprint density at radius 2 is 1.52 bits per heavy atom. The Balaban J connectivity index is 1.64. The molecule has 0 spiro atoms. The lowest BCUT2D eigenvalue weighted by atomic mass is 10.1. The molecule has 0 aliphatic carbocycles. The largest absolute Gasteiger partial charge is 0.465 e. The zero-order valence-corrected chi connectivity index (χ0v) is 15.6. The van der Waals surface area contributed by atoms with Crippen LogP contribution < -0.4 is 10.6 Å². The number of pyridine rings is 2. The van der Waals surface area contributed by atoms with Crippen LogP contribution in [0.4, 0.5) is 5.69 Å². The molecule has 8 heteroatoms. The van der Waals surface area contributed by atoms with Crippen molar-refractivity contribution in [2.75, 3.05) is 12.4 Å². The number of hydrogen-bond donors (Lipinski definition) is 2. The van der Waals surface area contributed by atoms with Gasteiger partial charge in [-0.05, 0) is 48.0 Å². The molecule has 0 saturated carbocycles. The van der Waals surface area contributed by atoms with Gasteiger partial charge in [0, 0.05) is 37.0 Å². The van der Waals surface area contributed by atoms with Gasteiger partial charge in [0.25, 0.3) is 11.8 Å². The molecule has 146 valence electrons. The number of amides is 2. The third kappa shape index (κ3) is 5.23. The third-order valence-electron chi connectivity index (χ3n) is 4.03. The van der Waals surface area contributed by atoms with Gasteiger partial charge >= 0.3 is 5.97 Å². The monoisotopic (exact) mass is 390 g/mol. The highest BCUT2D eigenvalue weighted by atomic mass is 16.5. The molecular weight excluding hydrogens is 372 g/mol. The highest BCUT2D eigenvalue weighted by Gasteiger charge is 2.12. The topological polar surface area (TPSA) is 110 Å². The number of esters is 1. The van der Waals surface area contributed by atoms with Crippen LogP contribution in [0, 0.1) is 0 Å². The number of aromatic nitrogens is 2. The maximum absolute atomic E-state index is 12.5. The highest BCUT2D eigenvalue weighted by molar-refractivity contribution is 6.06. The normalized spacial score (nSPS) is 10.1. The van der Waals surface area contributed by atoms with Crippen molar-refractivity contribution in [3.63, 3.8) is 0 Å². The molecule has 8 nitrogen and oxygen atoms in total. The average Bonchev–Trinajstić information content (AvgIpc) is 2.78. The zero-order chi connectivity index (χ0) is 20.6. The summed E-state index contributed by atoms with van der Waals surface area (Å²) in [7, 11) is 1.30. The number of ether oxygens (including phenoxy) is 1. The lowest BCUT2D eigenvalue weighted by molar-refractivity contribution is 0.0600. The Kier molecular flexibility index (Phi) is 6.26. The van der Waals surface area contributed by atoms with E-state index in [1.54, 1.807) is 48.8 Å². The van der Waals surface area contributed by atoms with Crippen LogP contribution >= 0.6 is 0 Å². The van der Waals surface area contributed by atoms with Crippen LogP contribution in [0.3, 0.4) is 0 Å². The molecule has 2 N–H and O–H groups in total. The van der Waals surface area contributed by atoms with Gasteiger partial charge in [-0.25, -0.2) is 4.79 Å². The summed E-state index contributed by atoms with van der Waals surface area (Å²) in [6.07, 6.45) is 6.05. The summed E-state index contributed by atoms with van der Waals surface area (Å²) in [5.41, 5.74) is 2.28. The first kappa shape index (κ1) is 19.7. The van der Waals surface area contributed by atoms with Gasteiger partial charge < -0.3 is 15.4 Å². The first-order valence-corrected chi connectivity index (χ1v) is 8.68. The summed E-state index contributed by atoms with van der Waals surface area (Å²) < 4.78 is 4.63. The molecule has 0 aliphatic rings. The van der Waals surface area contributed by atoms with Gasteiger partial charge in [0.1, 0.15) is 0 Å². The Bertz CT molecular complexity index is 1020. The molecule has 0 unspecified atom stereocenters. The highest BCUT2D eigenvalue weighted by Crippen LogP contribution is 2.13. The molecule has 3 rings (SSSR count). The fraction of sp³-hybridized carbons (Fsp3) is 0.0952. The van der Waals surface area contributed by atoms with E-state index in [2.05, 4.69) is 25.3 Å². The van der Waals surface area contributed by atoms with Gasteiger partial charge in [0.05, 0.1) is 23.8 Å². The van der Waals surface area contributed by atoms with Gasteiger partial charge in [-0.15, -0.1) is 0 Å². The smallest absolute Gasteiger partial charge is 0.337 e. The second-order valence-electron chi connectivity index (χ2n) is 6.02. The molecule has 3 aromatic rings. The number of carbonyl (C=O) groups is 3. The fourth-order valence-electron chi connectivity index (χ4n) is 2.48. The van der Waals surface area contributed by atoms with E-state index in [1.165, 1.54) is 25.6 Å². The second-order valence-corrected chi connectivity index (χ2v) is 6.02. The maximum atomic E-state index is 12.5. The van der Waals surface area contributed by atoms with Crippen LogP contribution in [-0.4, -0.2) is 34.9 Å². The van der Waals surface area contributed by atoms with Crippen LogP contribution in [0.25, 0.3) is 0 Å². The zero-order valence-electron chi connectivity index (χ0n) is 15.6. The molecule has 0 bridgehead atoms. The van der Waals surface area contributed by atoms with Crippen molar-refractivity contribution in [3.8, 4) is 0 Å². The molecule has 0 aliphatic heterocycles. The number of rotatable bonds is 6. The maximum Gasteiger partial charge on any atom is 0.337 e. The molecule has 29 heavy (non-hydrogen) atoms. The predicted octanol–water partition coefficient (Wildman–Crippen LogP) is 2.45. The summed E-state index contributed by atoms with van der Waals surface area (Å²) in [5, 5.41) is 5.47. The Labute approximate surface area is 167 Å². The van der Waals surface area contributed by atoms with Crippen molar-refractivity contribution in [3.05, 3.63) is 89.5 Å². The SMILES string of the molecule is COC(=O)c1ccc(NC(=O)c2cncc(C(=O)NCc3ccncc3)c2)cc1. The number of nitrogens with one attached hydrogen (secondary N) is 2. The quantitative estimate of drug-likeness (QED) is 0.626. The molecule has 1 aromatic carbocycles. The minimum Gasteiger partial charge on any atom is -0.465 e. The number of nitrogens with zero attached hydrogens (tertiary/aromatic N) is 2. The van der Waals surface area contributed by atoms with E-state index in [1.807, 2.05) is 0 Å². The fourth-order valence-corrected chi connectivity index (χ4v) is 2.48. The Morgan fingerprint density at radius 1 is 0.862 bits per heavy atom. The van der Waals surface area contributed by atoms with E-state index < -0.39 is 11.9 Å². The third-order valence-corrected chi connectivity index (χ3v) is 4.03. The van der Waals surface area contributed by atoms with Gasteiger partial charge in [-0.3, -0.25) is 19.6 Å². The number of methoxy groups -OCH3 is 1. The predicted molar refractivity (Wildman–Crippen MR) is 105 cm³/mol. The van der Waals surface area contributed by atoms with Crippen molar-refractivity contribution in [2.24, 2.45) is 0 Å². The minimum atomic E-state index is -0.461. The van der Waals surface area contributed by atoms with Crippen molar-refractivity contribution < 1.29 is 19.1 Å². The standard InChI is InChI=1S/C21H18N4O4/c1-29-21(28)15-2-4-18(5-3-15)25-20(27)17-10-16(12-23-13-17)19(26)24-11-14-6-8-22-9-7-14/h2-10,12-13H,11H2,1H3,(H,24,26)(H,25,27). The molecule has 0 radical (unpaired) electrons.